The highest BCUT2D eigenvalue weighted by Crippen LogP contribution is 2.20. The average Bonchev–Trinajstić information content (AvgIpc) is 3.02. The molecule has 0 aromatic heterocycles. The first-order chi connectivity index (χ1) is 12.5. The lowest BCUT2D eigenvalue weighted by atomic mass is 10.2. The highest BCUT2D eigenvalue weighted by Gasteiger charge is 2.48. The Morgan fingerprint density at radius 2 is 1.41 bits per heavy atom. The van der Waals surface area contributed by atoms with E-state index in [1.165, 1.54) is 0 Å². The Bertz CT molecular complexity index is 802. The Morgan fingerprint density at radius 3 is 1.85 bits per heavy atom. The molecule has 2 rings (SSSR count). The van der Waals surface area contributed by atoms with E-state index < -0.39 is 63.8 Å². The first-order valence-corrected chi connectivity index (χ1v) is 9.11. The zero-order chi connectivity index (χ0) is 20.4. The third-order valence-electron chi connectivity index (χ3n) is 3.58. The second-order valence-corrected chi connectivity index (χ2v) is 7.20. The normalized spacial score (nSPS) is 20.4. The topological polar surface area (TPSA) is 182 Å². The van der Waals surface area contributed by atoms with Crippen molar-refractivity contribution in [2.75, 3.05) is 0 Å². The van der Waals surface area contributed by atoms with E-state index in [2.05, 4.69) is 9.68 Å². The summed E-state index contributed by atoms with van der Waals surface area (Å²) in [6.45, 7) is 0. The third kappa shape index (κ3) is 4.85. The molecule has 1 atom stereocenters. The Morgan fingerprint density at radius 1 is 0.926 bits per heavy atom. The van der Waals surface area contributed by atoms with E-state index in [-0.39, 0.29) is 30.7 Å². The van der Waals surface area contributed by atoms with Crippen molar-refractivity contribution in [2.24, 2.45) is 0 Å². The summed E-state index contributed by atoms with van der Waals surface area (Å²) in [5, 5.41) is -1.75. The van der Waals surface area contributed by atoms with Gasteiger partial charge in [-0.2, -0.15) is 8.42 Å². The fraction of sp³-hybridized carbons (Fsp3) is 0.538. The molecule has 2 aliphatic heterocycles. The van der Waals surface area contributed by atoms with Crippen LogP contribution in [0.5, 0.6) is 0 Å². The van der Waals surface area contributed by atoms with E-state index in [1.807, 2.05) is 0 Å². The summed E-state index contributed by atoms with van der Waals surface area (Å²) in [4.78, 5) is 78.0. The molecule has 2 heterocycles. The fourth-order valence-corrected chi connectivity index (χ4v) is 2.94. The van der Waals surface area contributed by atoms with Gasteiger partial charge in [-0.15, -0.1) is 10.1 Å². The molecule has 1 unspecified atom stereocenters. The fourth-order valence-electron chi connectivity index (χ4n) is 2.24. The summed E-state index contributed by atoms with van der Waals surface area (Å²) in [6.07, 6.45) is -1.99. The highest BCUT2D eigenvalue weighted by molar-refractivity contribution is 7.87. The lowest BCUT2D eigenvalue weighted by Gasteiger charge is -2.14. The minimum atomic E-state index is -4.83. The van der Waals surface area contributed by atoms with Gasteiger partial charge < -0.3 is 9.68 Å². The van der Waals surface area contributed by atoms with E-state index in [4.69, 9.17) is 4.55 Å². The van der Waals surface area contributed by atoms with Crippen LogP contribution >= 0.6 is 0 Å². The molecule has 2 aliphatic rings. The zero-order valence-electron chi connectivity index (χ0n) is 13.7. The van der Waals surface area contributed by atoms with Crippen LogP contribution in [0.4, 0.5) is 0 Å². The van der Waals surface area contributed by atoms with Crippen molar-refractivity contribution in [3.05, 3.63) is 0 Å². The van der Waals surface area contributed by atoms with Crippen LogP contribution < -0.4 is 0 Å². The van der Waals surface area contributed by atoms with Crippen molar-refractivity contribution in [1.82, 2.24) is 10.1 Å². The van der Waals surface area contributed by atoms with Gasteiger partial charge >= 0.3 is 11.9 Å². The van der Waals surface area contributed by atoms with Crippen molar-refractivity contribution in [2.45, 2.75) is 43.8 Å². The van der Waals surface area contributed by atoms with Gasteiger partial charge in [-0.05, 0) is 6.42 Å². The van der Waals surface area contributed by atoms with Crippen LogP contribution in [-0.4, -0.2) is 63.9 Å². The standard InChI is InChI=1S/C13H14N2O11S/c16-8-4-5-9(17)14(8)25-11(19)2-1-3-12(20)26-15-10(18)6-7(13(15)21)27(22,23)24/h7H,1-6H2,(H,22,23,24). The molecule has 13 nitrogen and oxygen atoms in total. The van der Waals surface area contributed by atoms with Crippen LogP contribution in [-0.2, 0) is 48.6 Å². The largest absolute Gasteiger partial charge is 0.333 e. The highest BCUT2D eigenvalue weighted by atomic mass is 32.2. The smallest absolute Gasteiger partial charge is 0.330 e. The van der Waals surface area contributed by atoms with Crippen LogP contribution in [0.3, 0.4) is 0 Å². The SMILES string of the molecule is O=C(CCCC(=O)ON1C(=O)CC(S(=O)(=O)O)C1=O)ON1C(=O)CCC1=O. The number of hydrogen-bond donors (Lipinski definition) is 1. The molecule has 0 aromatic carbocycles. The summed E-state index contributed by atoms with van der Waals surface area (Å²) in [5.74, 6) is -5.91. The van der Waals surface area contributed by atoms with Gasteiger partial charge in [0.1, 0.15) is 0 Å². The van der Waals surface area contributed by atoms with Crippen LogP contribution in [0, 0.1) is 0 Å². The number of amides is 4. The maximum Gasteiger partial charge on any atom is 0.333 e. The molecular formula is C13H14N2O11S. The minimum absolute atomic E-state index is 0.0549. The van der Waals surface area contributed by atoms with Crippen LogP contribution in [0.2, 0.25) is 0 Å². The van der Waals surface area contributed by atoms with Gasteiger partial charge in [0.05, 0.1) is 6.42 Å². The Balaban J connectivity index is 1.77. The second-order valence-electron chi connectivity index (χ2n) is 5.60. The zero-order valence-corrected chi connectivity index (χ0v) is 14.5. The molecular weight excluding hydrogens is 392 g/mol. The number of carbonyl (C=O) groups is 6. The Labute approximate surface area is 151 Å². The summed E-state index contributed by atoms with van der Waals surface area (Å²) < 4.78 is 30.8. The first-order valence-electron chi connectivity index (χ1n) is 7.61. The van der Waals surface area contributed by atoms with Gasteiger partial charge in [-0.25, -0.2) is 9.59 Å². The van der Waals surface area contributed by atoms with E-state index in [0.29, 0.717) is 5.06 Å². The summed E-state index contributed by atoms with van der Waals surface area (Å²) in [7, 11) is -4.83. The molecule has 0 bridgehead atoms. The van der Waals surface area contributed by atoms with Gasteiger partial charge in [0.25, 0.3) is 33.7 Å². The van der Waals surface area contributed by atoms with Crippen molar-refractivity contribution in [3.8, 4) is 0 Å². The van der Waals surface area contributed by atoms with Crippen molar-refractivity contribution in [3.63, 3.8) is 0 Å². The predicted molar refractivity (Wildman–Crippen MR) is 78.9 cm³/mol. The summed E-state index contributed by atoms with van der Waals surface area (Å²) >= 11 is 0. The van der Waals surface area contributed by atoms with Gasteiger partial charge in [0.15, 0.2) is 5.25 Å². The molecule has 0 radical (unpaired) electrons. The average molecular weight is 406 g/mol. The minimum Gasteiger partial charge on any atom is -0.330 e. The number of nitrogens with zero attached hydrogens (tertiary/aromatic N) is 2. The molecule has 2 fully saturated rings. The molecule has 0 spiro atoms. The Kier molecular flexibility index (Phi) is 5.90. The molecule has 1 N–H and O–H groups in total. The van der Waals surface area contributed by atoms with E-state index in [1.54, 1.807) is 0 Å². The molecule has 0 aromatic rings. The molecule has 0 saturated carbocycles. The van der Waals surface area contributed by atoms with E-state index in [0.717, 1.165) is 0 Å². The van der Waals surface area contributed by atoms with Gasteiger partial charge in [0.2, 0.25) is 0 Å². The molecule has 2 saturated heterocycles. The van der Waals surface area contributed by atoms with Gasteiger partial charge in [0, 0.05) is 25.7 Å². The number of rotatable bonds is 7. The lowest BCUT2D eigenvalue weighted by molar-refractivity contribution is -0.199. The van der Waals surface area contributed by atoms with Crippen LogP contribution in [0.25, 0.3) is 0 Å². The molecule has 0 aliphatic carbocycles. The maximum atomic E-state index is 11.7. The number of imide groups is 2. The first kappa shape index (κ1) is 20.4. The van der Waals surface area contributed by atoms with Gasteiger partial charge in [-0.1, -0.05) is 0 Å². The second kappa shape index (κ2) is 7.79. The number of hydrogen-bond acceptors (Lipinski definition) is 10. The number of hydroxylamine groups is 4. The van der Waals surface area contributed by atoms with Gasteiger partial charge in [-0.3, -0.25) is 23.7 Å². The van der Waals surface area contributed by atoms with Crippen LogP contribution in [0.15, 0.2) is 0 Å². The summed E-state index contributed by atoms with van der Waals surface area (Å²) in [5.41, 5.74) is 0. The molecule has 27 heavy (non-hydrogen) atoms. The quantitative estimate of drug-likeness (QED) is 0.373. The Hall–Kier alpha value is -2.87. The van der Waals surface area contributed by atoms with Crippen LogP contribution in [0.1, 0.15) is 38.5 Å². The van der Waals surface area contributed by atoms with E-state index in [9.17, 15) is 37.2 Å². The van der Waals surface area contributed by atoms with Crippen molar-refractivity contribution >= 4 is 45.7 Å². The molecule has 14 heteroatoms. The van der Waals surface area contributed by atoms with Crippen molar-refractivity contribution < 1.29 is 51.4 Å². The summed E-state index contributed by atoms with van der Waals surface area (Å²) in [6, 6.07) is 0. The third-order valence-corrected chi connectivity index (χ3v) is 4.66. The van der Waals surface area contributed by atoms with E-state index >= 15 is 0 Å². The molecule has 148 valence electrons. The number of carbonyl (C=O) groups excluding carboxylic acids is 6. The monoisotopic (exact) mass is 406 g/mol. The maximum absolute atomic E-state index is 11.7. The molecule has 4 amide bonds. The lowest BCUT2D eigenvalue weighted by Crippen LogP contribution is -2.36. The van der Waals surface area contributed by atoms with Crippen molar-refractivity contribution in [1.29, 1.82) is 0 Å². The predicted octanol–water partition coefficient (Wildman–Crippen LogP) is -1.76.